The lowest BCUT2D eigenvalue weighted by atomic mass is 10.2. The van der Waals surface area contributed by atoms with Crippen molar-refractivity contribution in [2.75, 3.05) is 0 Å². The number of nitrogens with zero attached hydrogens (tertiary/aromatic N) is 2. The van der Waals surface area contributed by atoms with Crippen LogP contribution in [0.25, 0.3) is 6.08 Å². The lowest BCUT2D eigenvalue weighted by molar-refractivity contribution is -0.114. The summed E-state index contributed by atoms with van der Waals surface area (Å²) in [6.45, 7) is 0. The van der Waals surface area contributed by atoms with E-state index < -0.39 is 5.91 Å². The number of aromatic nitrogens is 1. The Morgan fingerprint density at radius 2 is 2.36 bits per heavy atom. The third-order valence-electron chi connectivity index (χ3n) is 1.41. The van der Waals surface area contributed by atoms with Crippen molar-refractivity contribution in [2.24, 2.45) is 5.73 Å². The molecule has 0 aliphatic rings. The third kappa shape index (κ3) is 2.68. The van der Waals surface area contributed by atoms with E-state index in [0.29, 0.717) is 10.3 Å². The van der Waals surface area contributed by atoms with Crippen molar-refractivity contribution in [2.45, 2.75) is 0 Å². The summed E-state index contributed by atoms with van der Waals surface area (Å²) in [6.07, 6.45) is 1.34. The molecule has 0 bridgehead atoms. The van der Waals surface area contributed by atoms with Crippen molar-refractivity contribution in [1.29, 1.82) is 5.26 Å². The number of amides is 1. The van der Waals surface area contributed by atoms with E-state index in [1.54, 1.807) is 24.3 Å². The second kappa shape index (κ2) is 4.53. The van der Waals surface area contributed by atoms with Gasteiger partial charge in [-0.3, -0.25) is 4.79 Å². The highest BCUT2D eigenvalue weighted by molar-refractivity contribution is 9.10. The Kier molecular flexibility index (Phi) is 3.37. The molecule has 0 saturated carbocycles. The summed E-state index contributed by atoms with van der Waals surface area (Å²) in [5.74, 6) is -0.755. The van der Waals surface area contributed by atoms with E-state index in [1.165, 1.54) is 6.08 Å². The maximum atomic E-state index is 10.7. The molecule has 0 saturated heterocycles. The molecule has 0 unspecified atom stereocenters. The highest BCUT2D eigenvalue weighted by atomic mass is 79.9. The summed E-state index contributed by atoms with van der Waals surface area (Å²) < 4.78 is 0.632. The maximum Gasteiger partial charge on any atom is 0.259 e. The first kappa shape index (κ1) is 10.4. The summed E-state index contributed by atoms with van der Waals surface area (Å²) in [6, 6.07) is 6.86. The van der Waals surface area contributed by atoms with Crippen molar-refractivity contribution in [3.05, 3.63) is 34.1 Å². The van der Waals surface area contributed by atoms with E-state index in [0.717, 1.165) is 0 Å². The molecule has 1 aromatic heterocycles. The predicted octanol–water partition coefficient (Wildman–Crippen LogP) is 1.24. The van der Waals surface area contributed by atoms with Gasteiger partial charge in [0, 0.05) is 0 Å². The van der Waals surface area contributed by atoms with Crippen LogP contribution >= 0.6 is 15.9 Å². The third-order valence-corrected chi connectivity index (χ3v) is 1.86. The average molecular weight is 252 g/mol. The van der Waals surface area contributed by atoms with Gasteiger partial charge in [0.2, 0.25) is 0 Å². The number of hydrogen-bond donors (Lipinski definition) is 1. The highest BCUT2D eigenvalue weighted by Gasteiger charge is 2.03. The molecule has 0 spiro atoms. The second-order valence-electron chi connectivity index (χ2n) is 2.42. The number of carbonyl (C=O) groups excluding carboxylic acids is 1. The van der Waals surface area contributed by atoms with Crippen LogP contribution in [0.3, 0.4) is 0 Å². The molecular weight excluding hydrogens is 246 g/mol. The number of rotatable bonds is 2. The molecule has 0 radical (unpaired) electrons. The van der Waals surface area contributed by atoms with Crippen molar-refractivity contribution in [3.63, 3.8) is 0 Å². The Morgan fingerprint density at radius 1 is 1.64 bits per heavy atom. The normalized spacial score (nSPS) is 10.7. The Labute approximate surface area is 89.2 Å². The molecule has 14 heavy (non-hydrogen) atoms. The van der Waals surface area contributed by atoms with Crippen LogP contribution in [0.1, 0.15) is 5.69 Å². The van der Waals surface area contributed by atoms with Gasteiger partial charge in [-0.2, -0.15) is 5.26 Å². The molecule has 2 N–H and O–H groups in total. The molecule has 0 fully saturated rings. The van der Waals surface area contributed by atoms with Gasteiger partial charge in [-0.05, 0) is 34.1 Å². The summed E-state index contributed by atoms with van der Waals surface area (Å²) in [5, 5.41) is 8.57. The lowest BCUT2D eigenvalue weighted by Crippen LogP contribution is -2.12. The topological polar surface area (TPSA) is 79.8 Å². The zero-order valence-corrected chi connectivity index (χ0v) is 8.65. The summed E-state index contributed by atoms with van der Waals surface area (Å²) >= 11 is 3.17. The highest BCUT2D eigenvalue weighted by Crippen LogP contribution is 2.09. The standard InChI is InChI=1S/C9H6BrN3O/c10-8-3-1-2-7(13-8)4-6(5-11)9(12)14/h1-4H,(H2,12,14)/b6-4+. The molecule has 1 amide bonds. The fourth-order valence-corrected chi connectivity index (χ4v) is 1.17. The van der Waals surface area contributed by atoms with Crippen molar-refractivity contribution < 1.29 is 4.79 Å². The van der Waals surface area contributed by atoms with Gasteiger partial charge >= 0.3 is 0 Å². The first-order valence-corrected chi connectivity index (χ1v) is 4.47. The lowest BCUT2D eigenvalue weighted by Gasteiger charge is -1.94. The van der Waals surface area contributed by atoms with Crippen LogP contribution in [0, 0.1) is 11.3 Å². The van der Waals surface area contributed by atoms with Crippen molar-refractivity contribution in [3.8, 4) is 6.07 Å². The number of nitrogens with two attached hydrogens (primary N) is 1. The molecule has 5 heteroatoms. The van der Waals surface area contributed by atoms with Crippen LogP contribution in [0.2, 0.25) is 0 Å². The molecule has 0 aliphatic carbocycles. The zero-order chi connectivity index (χ0) is 10.6. The summed E-state index contributed by atoms with van der Waals surface area (Å²) in [5.41, 5.74) is 5.36. The van der Waals surface area contributed by atoms with Gasteiger partial charge in [-0.15, -0.1) is 0 Å². The van der Waals surface area contributed by atoms with Gasteiger partial charge in [0.05, 0.1) is 5.69 Å². The Balaban J connectivity index is 3.08. The molecular formula is C9H6BrN3O. The predicted molar refractivity (Wildman–Crippen MR) is 54.7 cm³/mol. The van der Waals surface area contributed by atoms with Crippen LogP contribution in [0.4, 0.5) is 0 Å². The van der Waals surface area contributed by atoms with Gasteiger partial charge < -0.3 is 5.73 Å². The van der Waals surface area contributed by atoms with Gasteiger partial charge in [-0.1, -0.05) is 6.07 Å². The van der Waals surface area contributed by atoms with Gasteiger partial charge in [0.25, 0.3) is 5.91 Å². The molecule has 0 atom stereocenters. The van der Waals surface area contributed by atoms with E-state index in [1.807, 2.05) is 0 Å². The molecule has 1 heterocycles. The van der Waals surface area contributed by atoms with Crippen LogP contribution in [0.5, 0.6) is 0 Å². The quantitative estimate of drug-likeness (QED) is 0.488. The van der Waals surface area contributed by atoms with Crippen LogP contribution in [-0.4, -0.2) is 10.9 Å². The maximum absolute atomic E-state index is 10.7. The molecule has 0 aromatic carbocycles. The van der Waals surface area contributed by atoms with Crippen molar-refractivity contribution in [1.82, 2.24) is 4.98 Å². The van der Waals surface area contributed by atoms with Crippen LogP contribution < -0.4 is 5.73 Å². The van der Waals surface area contributed by atoms with Crippen LogP contribution in [-0.2, 0) is 4.79 Å². The van der Waals surface area contributed by atoms with E-state index in [2.05, 4.69) is 20.9 Å². The molecule has 1 rings (SSSR count). The molecule has 4 nitrogen and oxygen atoms in total. The second-order valence-corrected chi connectivity index (χ2v) is 3.23. The number of primary amides is 1. The largest absolute Gasteiger partial charge is 0.365 e. The number of carbonyl (C=O) groups is 1. The Bertz CT molecular complexity index is 434. The van der Waals surface area contributed by atoms with E-state index in [4.69, 9.17) is 11.0 Å². The fraction of sp³-hybridized carbons (Fsp3) is 0. The van der Waals surface area contributed by atoms with E-state index >= 15 is 0 Å². The minimum atomic E-state index is -0.755. The number of hydrogen-bond acceptors (Lipinski definition) is 3. The molecule has 0 aliphatic heterocycles. The van der Waals surface area contributed by atoms with E-state index in [-0.39, 0.29) is 5.57 Å². The number of halogens is 1. The van der Waals surface area contributed by atoms with Gasteiger partial charge in [0.1, 0.15) is 16.2 Å². The zero-order valence-electron chi connectivity index (χ0n) is 7.07. The van der Waals surface area contributed by atoms with Gasteiger partial charge in [0.15, 0.2) is 0 Å². The minimum Gasteiger partial charge on any atom is -0.365 e. The van der Waals surface area contributed by atoms with Crippen LogP contribution in [0.15, 0.2) is 28.4 Å². The molecule has 1 aromatic rings. The Hall–Kier alpha value is -1.67. The van der Waals surface area contributed by atoms with Gasteiger partial charge in [-0.25, -0.2) is 4.98 Å². The summed E-state index contributed by atoms with van der Waals surface area (Å²) in [4.78, 5) is 14.7. The fourth-order valence-electron chi connectivity index (χ4n) is 0.811. The number of pyridine rings is 1. The SMILES string of the molecule is N#C/C(=C\c1cccc(Br)n1)C(N)=O. The first-order chi connectivity index (χ1) is 6.63. The monoisotopic (exact) mass is 251 g/mol. The summed E-state index contributed by atoms with van der Waals surface area (Å²) in [7, 11) is 0. The Morgan fingerprint density at radius 3 is 2.86 bits per heavy atom. The van der Waals surface area contributed by atoms with Crippen molar-refractivity contribution >= 4 is 27.9 Å². The smallest absolute Gasteiger partial charge is 0.259 e. The average Bonchev–Trinajstić information content (AvgIpc) is 2.14. The molecule has 70 valence electrons. The van der Waals surface area contributed by atoms with E-state index in [9.17, 15) is 4.79 Å². The first-order valence-electron chi connectivity index (χ1n) is 3.67. The number of nitriles is 1. The minimum absolute atomic E-state index is 0.115.